The molecule has 2 aromatic heterocycles. The fourth-order valence-corrected chi connectivity index (χ4v) is 2.13. The van der Waals surface area contributed by atoms with Crippen LogP contribution in [0.2, 0.25) is 0 Å². The van der Waals surface area contributed by atoms with Crippen molar-refractivity contribution in [3.8, 4) is 0 Å². The van der Waals surface area contributed by atoms with Crippen molar-refractivity contribution >= 4 is 12.1 Å². The number of carbonyl (C=O) groups is 2. The van der Waals surface area contributed by atoms with Gasteiger partial charge in [0.1, 0.15) is 0 Å². The molecule has 2 rings (SSSR count). The Balaban J connectivity index is 1.45. The van der Waals surface area contributed by atoms with E-state index < -0.39 is 0 Å². The van der Waals surface area contributed by atoms with E-state index >= 15 is 0 Å². The highest BCUT2D eigenvalue weighted by atomic mass is 16.2. The second-order valence-electron chi connectivity index (χ2n) is 5.57. The molecule has 138 valence electrons. The van der Waals surface area contributed by atoms with Crippen molar-refractivity contribution < 1.29 is 9.59 Å². The van der Waals surface area contributed by atoms with E-state index in [2.05, 4.69) is 31.2 Å². The average molecular weight is 356 g/mol. The van der Waals surface area contributed by atoms with Crippen LogP contribution in [0, 0.1) is 0 Å². The van der Waals surface area contributed by atoms with E-state index in [-0.39, 0.29) is 12.1 Å². The predicted octanol–water partition coefficient (Wildman–Crippen LogP) is 1.56. The average Bonchev–Trinajstić information content (AvgIpc) is 2.69. The molecule has 0 saturated carbocycles. The first-order valence-corrected chi connectivity index (χ1v) is 8.57. The van der Waals surface area contributed by atoms with Gasteiger partial charge < -0.3 is 21.3 Å². The summed E-state index contributed by atoms with van der Waals surface area (Å²) < 4.78 is 0. The lowest BCUT2D eigenvalue weighted by molar-refractivity contribution is 0.238. The van der Waals surface area contributed by atoms with Crippen molar-refractivity contribution in [2.75, 3.05) is 13.1 Å². The third-order valence-electron chi connectivity index (χ3n) is 3.49. The highest BCUT2D eigenvalue weighted by Gasteiger charge is 2.02. The van der Waals surface area contributed by atoms with Gasteiger partial charge >= 0.3 is 12.1 Å². The van der Waals surface area contributed by atoms with Crippen molar-refractivity contribution in [3.63, 3.8) is 0 Å². The van der Waals surface area contributed by atoms with Gasteiger partial charge in [-0.05, 0) is 37.1 Å². The molecule has 0 aromatic carbocycles. The van der Waals surface area contributed by atoms with E-state index in [0.717, 1.165) is 24.2 Å². The zero-order valence-electron chi connectivity index (χ0n) is 14.6. The molecule has 8 nitrogen and oxygen atoms in total. The number of carbonyl (C=O) groups excluding carboxylic acids is 2. The molecule has 4 N–H and O–H groups in total. The Kier molecular flexibility index (Phi) is 8.41. The van der Waals surface area contributed by atoms with Crippen LogP contribution in [0.1, 0.15) is 24.2 Å². The maximum atomic E-state index is 11.6. The summed E-state index contributed by atoms with van der Waals surface area (Å²) in [6.45, 7) is 1.88. The molecule has 0 saturated heterocycles. The molecule has 0 atom stereocenters. The monoisotopic (exact) mass is 356 g/mol. The highest BCUT2D eigenvalue weighted by molar-refractivity contribution is 5.74. The number of unbranched alkanes of at least 4 members (excludes halogenated alkanes) is 1. The molecule has 0 aliphatic carbocycles. The van der Waals surface area contributed by atoms with Crippen LogP contribution in [0.3, 0.4) is 0 Å². The van der Waals surface area contributed by atoms with Crippen molar-refractivity contribution in [2.45, 2.75) is 25.9 Å². The summed E-state index contributed by atoms with van der Waals surface area (Å²) in [5.41, 5.74) is 1.62. The molecule has 0 radical (unpaired) electrons. The van der Waals surface area contributed by atoms with Crippen LogP contribution < -0.4 is 21.3 Å². The van der Waals surface area contributed by atoms with Gasteiger partial charge in [0.2, 0.25) is 0 Å². The summed E-state index contributed by atoms with van der Waals surface area (Å²) >= 11 is 0. The molecule has 0 aliphatic rings. The molecule has 0 unspecified atom stereocenters. The van der Waals surface area contributed by atoms with Gasteiger partial charge in [0.25, 0.3) is 0 Å². The van der Waals surface area contributed by atoms with Crippen LogP contribution in [-0.2, 0) is 13.1 Å². The van der Waals surface area contributed by atoms with E-state index in [0.29, 0.717) is 26.2 Å². The van der Waals surface area contributed by atoms with Gasteiger partial charge in [-0.1, -0.05) is 12.1 Å². The number of rotatable bonds is 9. The van der Waals surface area contributed by atoms with Gasteiger partial charge in [-0.2, -0.15) is 0 Å². The Bertz CT molecular complexity index is 606. The number of hydrogen-bond donors (Lipinski definition) is 4. The third-order valence-corrected chi connectivity index (χ3v) is 3.49. The first-order valence-electron chi connectivity index (χ1n) is 8.57. The molecule has 4 amide bonds. The third kappa shape index (κ3) is 8.09. The van der Waals surface area contributed by atoms with Crippen LogP contribution in [0.5, 0.6) is 0 Å². The minimum atomic E-state index is -0.225. The van der Waals surface area contributed by atoms with E-state index in [1.807, 2.05) is 36.4 Å². The lowest BCUT2D eigenvalue weighted by atomic mass is 10.3. The smallest absolute Gasteiger partial charge is 0.315 e. The highest BCUT2D eigenvalue weighted by Crippen LogP contribution is 1.93. The molecule has 2 heterocycles. The van der Waals surface area contributed by atoms with E-state index in [1.165, 1.54) is 0 Å². The van der Waals surface area contributed by atoms with Crippen LogP contribution in [0.25, 0.3) is 0 Å². The molecular formula is C18H24N6O2. The molecule has 0 spiro atoms. The molecule has 0 aliphatic heterocycles. The summed E-state index contributed by atoms with van der Waals surface area (Å²) in [5.74, 6) is 0. The summed E-state index contributed by atoms with van der Waals surface area (Å²) in [7, 11) is 0. The minimum Gasteiger partial charge on any atom is -0.338 e. The van der Waals surface area contributed by atoms with Crippen molar-refractivity contribution in [2.24, 2.45) is 0 Å². The maximum absolute atomic E-state index is 11.6. The number of nitrogens with one attached hydrogen (secondary N) is 4. The molecule has 2 aromatic rings. The topological polar surface area (TPSA) is 108 Å². The molecular weight excluding hydrogens is 332 g/mol. The van der Waals surface area contributed by atoms with Gasteiger partial charge in [-0.3, -0.25) is 9.97 Å². The lowest BCUT2D eigenvalue weighted by Gasteiger charge is -2.08. The number of amides is 4. The summed E-state index contributed by atoms with van der Waals surface area (Å²) in [6.07, 6.45) is 4.93. The fourth-order valence-electron chi connectivity index (χ4n) is 2.13. The van der Waals surface area contributed by atoms with E-state index in [4.69, 9.17) is 0 Å². The van der Waals surface area contributed by atoms with Crippen molar-refractivity contribution in [1.29, 1.82) is 0 Å². The second-order valence-corrected chi connectivity index (χ2v) is 5.57. The fraction of sp³-hybridized carbons (Fsp3) is 0.333. The summed E-state index contributed by atoms with van der Waals surface area (Å²) in [5, 5.41) is 11.0. The molecule has 0 fully saturated rings. The van der Waals surface area contributed by atoms with Crippen LogP contribution in [-0.4, -0.2) is 35.1 Å². The number of urea groups is 2. The number of nitrogens with zero attached hydrogens (tertiary/aromatic N) is 2. The maximum Gasteiger partial charge on any atom is 0.315 e. The van der Waals surface area contributed by atoms with Crippen LogP contribution in [0.4, 0.5) is 9.59 Å². The Morgan fingerprint density at radius 2 is 1.15 bits per heavy atom. The molecule has 26 heavy (non-hydrogen) atoms. The quantitative estimate of drug-likeness (QED) is 0.511. The predicted molar refractivity (Wildman–Crippen MR) is 98.2 cm³/mol. The zero-order valence-corrected chi connectivity index (χ0v) is 14.6. The number of pyridine rings is 2. The van der Waals surface area contributed by atoms with Gasteiger partial charge in [0.05, 0.1) is 24.5 Å². The first kappa shape index (κ1) is 19.2. The molecule has 0 bridgehead atoms. The summed E-state index contributed by atoms with van der Waals surface area (Å²) in [4.78, 5) is 31.5. The summed E-state index contributed by atoms with van der Waals surface area (Å²) in [6, 6.07) is 10.7. The Morgan fingerprint density at radius 3 is 1.54 bits per heavy atom. The van der Waals surface area contributed by atoms with Crippen LogP contribution >= 0.6 is 0 Å². The Labute approximate surface area is 152 Å². The zero-order chi connectivity index (χ0) is 18.5. The number of hydrogen-bond acceptors (Lipinski definition) is 4. The van der Waals surface area contributed by atoms with Crippen molar-refractivity contribution in [1.82, 2.24) is 31.2 Å². The van der Waals surface area contributed by atoms with Gasteiger partial charge in [-0.25, -0.2) is 9.59 Å². The Hall–Kier alpha value is -3.16. The normalized spacial score (nSPS) is 10.0. The SMILES string of the molecule is O=C(NCCCCNC(=O)NCc1ccccn1)NCc1ccccn1. The second kappa shape index (κ2) is 11.4. The van der Waals surface area contributed by atoms with E-state index in [9.17, 15) is 9.59 Å². The van der Waals surface area contributed by atoms with Gasteiger partial charge in [-0.15, -0.1) is 0 Å². The number of aromatic nitrogens is 2. The van der Waals surface area contributed by atoms with Crippen molar-refractivity contribution in [3.05, 3.63) is 60.2 Å². The first-order chi connectivity index (χ1) is 12.7. The standard InChI is InChI=1S/C18H24N6O2/c25-17(23-13-15-7-1-3-9-19-15)21-11-5-6-12-22-18(26)24-14-16-8-2-4-10-20-16/h1-4,7-10H,5-6,11-14H2,(H2,21,23,25)(H2,22,24,26). The minimum absolute atomic E-state index is 0.225. The lowest BCUT2D eigenvalue weighted by Crippen LogP contribution is -2.37. The van der Waals surface area contributed by atoms with E-state index in [1.54, 1.807) is 12.4 Å². The molecule has 8 heteroatoms. The van der Waals surface area contributed by atoms with Gasteiger partial charge in [0.15, 0.2) is 0 Å². The van der Waals surface area contributed by atoms with Crippen LogP contribution in [0.15, 0.2) is 48.8 Å². The largest absolute Gasteiger partial charge is 0.338 e. The Morgan fingerprint density at radius 1 is 0.692 bits per heavy atom. The van der Waals surface area contributed by atoms with Gasteiger partial charge in [0, 0.05) is 25.5 Å².